The molecule has 9 heteroatoms. The molecule has 0 bridgehead atoms. The van der Waals surface area contributed by atoms with Crippen LogP contribution in [0.4, 0.5) is 10.1 Å². The van der Waals surface area contributed by atoms with Crippen molar-refractivity contribution in [3.63, 3.8) is 0 Å². The van der Waals surface area contributed by atoms with E-state index in [1.54, 1.807) is 19.2 Å². The van der Waals surface area contributed by atoms with Crippen LogP contribution in [-0.4, -0.2) is 54.3 Å². The van der Waals surface area contributed by atoms with Gasteiger partial charge in [0.15, 0.2) is 5.11 Å². The Kier molecular flexibility index (Phi) is 8.79. The van der Waals surface area contributed by atoms with Gasteiger partial charge in [0.25, 0.3) is 5.91 Å². The standard InChI is InChI=1S/C26H29FN4O2S2/c1-33-16-4-13-28-26(34)31-14-11-19(12-15-31)25-30-23(17-35-25)24(32)29-22-6-3-2-5-21(22)18-7-9-20(27)10-8-18/h2-3,5-10,17,19H,4,11-16H2,1H3,(H,28,34)(H,29,32). The monoisotopic (exact) mass is 512 g/mol. The summed E-state index contributed by atoms with van der Waals surface area (Å²) >= 11 is 7.05. The summed E-state index contributed by atoms with van der Waals surface area (Å²) in [4.78, 5) is 19.8. The third kappa shape index (κ3) is 6.62. The van der Waals surface area contributed by atoms with Gasteiger partial charge < -0.3 is 20.3 Å². The fraction of sp³-hybridized carbons (Fsp3) is 0.346. The number of methoxy groups -OCH3 is 1. The summed E-state index contributed by atoms with van der Waals surface area (Å²) in [6.07, 6.45) is 2.81. The second kappa shape index (κ2) is 12.2. The fourth-order valence-corrected chi connectivity index (χ4v) is 5.35. The van der Waals surface area contributed by atoms with E-state index in [2.05, 4.69) is 20.5 Å². The van der Waals surface area contributed by atoms with Gasteiger partial charge in [0.2, 0.25) is 0 Å². The number of amides is 1. The van der Waals surface area contributed by atoms with Crippen LogP contribution in [0, 0.1) is 5.82 Å². The molecule has 184 valence electrons. The number of aromatic nitrogens is 1. The van der Waals surface area contributed by atoms with Crippen LogP contribution in [-0.2, 0) is 4.74 Å². The van der Waals surface area contributed by atoms with Gasteiger partial charge in [0, 0.05) is 55.9 Å². The molecule has 0 radical (unpaired) electrons. The number of carbonyl (C=O) groups is 1. The number of para-hydroxylation sites is 1. The average Bonchev–Trinajstić information content (AvgIpc) is 3.38. The number of nitrogens with zero attached hydrogens (tertiary/aromatic N) is 2. The molecule has 0 spiro atoms. The first-order valence-corrected chi connectivity index (χ1v) is 13.0. The second-order valence-electron chi connectivity index (χ2n) is 8.42. The van der Waals surface area contributed by atoms with Crippen molar-refractivity contribution < 1.29 is 13.9 Å². The molecule has 35 heavy (non-hydrogen) atoms. The molecule has 1 aliphatic heterocycles. The van der Waals surface area contributed by atoms with E-state index in [1.807, 2.05) is 29.6 Å². The second-order valence-corrected chi connectivity index (χ2v) is 9.69. The molecule has 2 N–H and O–H groups in total. The molecule has 3 aromatic rings. The molecule has 1 amide bonds. The van der Waals surface area contributed by atoms with Crippen molar-refractivity contribution in [1.82, 2.24) is 15.2 Å². The third-order valence-electron chi connectivity index (χ3n) is 6.02. The van der Waals surface area contributed by atoms with Gasteiger partial charge in [0.05, 0.1) is 5.01 Å². The number of benzene rings is 2. The molecule has 1 saturated heterocycles. The van der Waals surface area contributed by atoms with Crippen molar-refractivity contribution in [3.05, 3.63) is 70.4 Å². The van der Waals surface area contributed by atoms with Crippen molar-refractivity contribution in [2.24, 2.45) is 0 Å². The molecular weight excluding hydrogens is 483 g/mol. The number of halogens is 1. The van der Waals surface area contributed by atoms with Crippen molar-refractivity contribution in [2.45, 2.75) is 25.2 Å². The number of hydrogen-bond acceptors (Lipinski definition) is 5. The number of likely N-dealkylation sites (tertiary alicyclic amines) is 1. The van der Waals surface area contributed by atoms with Gasteiger partial charge in [-0.25, -0.2) is 9.37 Å². The number of carbonyl (C=O) groups excluding carboxylic acids is 1. The van der Waals surface area contributed by atoms with Gasteiger partial charge >= 0.3 is 0 Å². The highest BCUT2D eigenvalue weighted by Crippen LogP contribution is 2.32. The molecule has 1 aromatic heterocycles. The molecule has 0 aliphatic carbocycles. The van der Waals surface area contributed by atoms with Gasteiger partial charge in [-0.05, 0) is 55.2 Å². The summed E-state index contributed by atoms with van der Waals surface area (Å²) in [5, 5.41) is 9.87. The van der Waals surface area contributed by atoms with Crippen LogP contribution < -0.4 is 10.6 Å². The number of hydrogen-bond donors (Lipinski definition) is 2. The Balaban J connectivity index is 1.34. The summed E-state index contributed by atoms with van der Waals surface area (Å²) < 4.78 is 18.4. The van der Waals surface area contributed by atoms with Crippen LogP contribution in [0.3, 0.4) is 0 Å². The lowest BCUT2D eigenvalue weighted by atomic mass is 9.98. The Hall–Kier alpha value is -2.88. The molecule has 2 aromatic carbocycles. The van der Waals surface area contributed by atoms with Gasteiger partial charge in [-0.1, -0.05) is 30.3 Å². The maximum Gasteiger partial charge on any atom is 0.275 e. The molecule has 1 aliphatic rings. The Labute approximate surface area is 214 Å². The highest BCUT2D eigenvalue weighted by Gasteiger charge is 2.25. The van der Waals surface area contributed by atoms with E-state index in [-0.39, 0.29) is 11.7 Å². The van der Waals surface area contributed by atoms with E-state index in [1.165, 1.54) is 23.5 Å². The van der Waals surface area contributed by atoms with Gasteiger partial charge in [0.1, 0.15) is 11.5 Å². The Morgan fingerprint density at radius 3 is 2.69 bits per heavy atom. The van der Waals surface area contributed by atoms with Crippen LogP contribution in [0.5, 0.6) is 0 Å². The molecule has 0 saturated carbocycles. The molecule has 1 fully saturated rings. The zero-order valence-corrected chi connectivity index (χ0v) is 21.3. The van der Waals surface area contributed by atoms with E-state index < -0.39 is 0 Å². The third-order valence-corrected chi connectivity index (χ3v) is 7.43. The number of anilines is 1. The first kappa shape index (κ1) is 25.2. The average molecular weight is 513 g/mol. The van der Waals surface area contributed by atoms with Crippen molar-refractivity contribution in [1.29, 1.82) is 0 Å². The van der Waals surface area contributed by atoms with Crippen molar-refractivity contribution >= 4 is 40.3 Å². The molecular formula is C26H29FN4O2S2. The zero-order chi connectivity index (χ0) is 24.6. The van der Waals surface area contributed by atoms with Crippen LogP contribution in [0.15, 0.2) is 53.9 Å². The van der Waals surface area contributed by atoms with Crippen molar-refractivity contribution in [3.8, 4) is 11.1 Å². The van der Waals surface area contributed by atoms with E-state index >= 15 is 0 Å². The number of thiocarbonyl (C=S) groups is 1. The minimum Gasteiger partial charge on any atom is -0.385 e. The Morgan fingerprint density at radius 1 is 1.20 bits per heavy atom. The maximum absolute atomic E-state index is 13.3. The van der Waals surface area contributed by atoms with E-state index in [9.17, 15) is 9.18 Å². The predicted molar refractivity (Wildman–Crippen MR) is 143 cm³/mol. The zero-order valence-electron chi connectivity index (χ0n) is 19.6. The number of nitrogens with one attached hydrogen (secondary N) is 2. The van der Waals surface area contributed by atoms with Gasteiger partial charge in [-0.15, -0.1) is 11.3 Å². The number of thiazole rings is 1. The summed E-state index contributed by atoms with van der Waals surface area (Å²) in [7, 11) is 1.70. The molecule has 2 heterocycles. The van der Waals surface area contributed by atoms with Gasteiger partial charge in [-0.2, -0.15) is 0 Å². The quantitative estimate of drug-likeness (QED) is 0.316. The lowest BCUT2D eigenvalue weighted by molar-refractivity contribution is 0.102. The summed E-state index contributed by atoms with van der Waals surface area (Å²) in [5.74, 6) is -0.224. The Morgan fingerprint density at radius 2 is 1.94 bits per heavy atom. The summed E-state index contributed by atoms with van der Waals surface area (Å²) in [5.41, 5.74) is 2.74. The topological polar surface area (TPSA) is 66.5 Å². The van der Waals surface area contributed by atoms with E-state index in [0.717, 1.165) is 66.8 Å². The van der Waals surface area contributed by atoms with Gasteiger partial charge in [-0.3, -0.25) is 4.79 Å². The first-order valence-electron chi connectivity index (χ1n) is 11.7. The van der Waals surface area contributed by atoms with Crippen molar-refractivity contribution in [2.75, 3.05) is 38.7 Å². The lowest BCUT2D eigenvalue weighted by Gasteiger charge is -2.33. The highest BCUT2D eigenvalue weighted by molar-refractivity contribution is 7.80. The minimum absolute atomic E-state index is 0.249. The number of ether oxygens (including phenoxy) is 1. The fourth-order valence-electron chi connectivity index (χ4n) is 4.09. The smallest absolute Gasteiger partial charge is 0.275 e. The lowest BCUT2D eigenvalue weighted by Crippen LogP contribution is -2.44. The predicted octanol–water partition coefficient (Wildman–Crippen LogP) is 5.29. The van der Waals surface area contributed by atoms with E-state index in [4.69, 9.17) is 17.0 Å². The van der Waals surface area contributed by atoms with Crippen LogP contribution in [0.25, 0.3) is 11.1 Å². The number of rotatable bonds is 8. The summed E-state index contributed by atoms with van der Waals surface area (Å²) in [6, 6.07) is 13.7. The maximum atomic E-state index is 13.3. The normalized spacial score (nSPS) is 14.1. The van der Waals surface area contributed by atoms with Crippen LogP contribution in [0.2, 0.25) is 0 Å². The Bertz CT molecular complexity index is 1140. The molecule has 4 rings (SSSR count). The molecule has 0 atom stereocenters. The molecule has 0 unspecified atom stereocenters. The van der Waals surface area contributed by atoms with E-state index in [0.29, 0.717) is 17.3 Å². The highest BCUT2D eigenvalue weighted by atomic mass is 32.1. The summed E-state index contributed by atoms with van der Waals surface area (Å²) in [6.45, 7) is 3.26. The minimum atomic E-state index is -0.295. The largest absolute Gasteiger partial charge is 0.385 e. The molecule has 6 nitrogen and oxygen atoms in total. The van der Waals surface area contributed by atoms with Crippen LogP contribution in [0.1, 0.15) is 40.7 Å². The first-order chi connectivity index (χ1) is 17.0. The SMILES string of the molecule is COCCCNC(=S)N1CCC(c2nc(C(=O)Nc3ccccc3-c3ccc(F)cc3)cs2)CC1. The number of piperidine rings is 1. The van der Waals surface area contributed by atoms with Crippen LogP contribution >= 0.6 is 23.6 Å².